The van der Waals surface area contributed by atoms with E-state index in [0.29, 0.717) is 0 Å². The fraction of sp³-hybridized carbons (Fsp3) is 1.00. The molecule has 2 aliphatic rings. The molecule has 0 saturated carbocycles. The number of rotatable bonds is 1. The molecule has 0 amide bonds. The topological polar surface area (TPSA) is 0 Å². The summed E-state index contributed by atoms with van der Waals surface area (Å²) >= 11 is 0. The van der Waals surface area contributed by atoms with Crippen LogP contribution in [0.25, 0.3) is 0 Å². The van der Waals surface area contributed by atoms with Crippen molar-refractivity contribution in [3.05, 3.63) is 0 Å². The van der Waals surface area contributed by atoms with Gasteiger partial charge in [0.25, 0.3) is 0 Å². The largest absolute Gasteiger partial charge is 0.323 e. The molecule has 2 unspecified atom stereocenters. The molecule has 1 heteroatoms. The molecule has 0 aromatic carbocycles. The molecule has 2 heterocycles. The van der Waals surface area contributed by atoms with Crippen LogP contribution in [0.4, 0.5) is 0 Å². The zero-order valence-electron chi connectivity index (χ0n) is 10.7. The Morgan fingerprint density at radius 1 is 1.00 bits per heavy atom. The Morgan fingerprint density at radius 3 is 2.27 bits per heavy atom. The molecule has 0 N–H and O–H groups in total. The van der Waals surface area contributed by atoms with Gasteiger partial charge < -0.3 is 4.48 Å². The van der Waals surface area contributed by atoms with Gasteiger partial charge in [0, 0.05) is 11.8 Å². The van der Waals surface area contributed by atoms with Crippen molar-refractivity contribution in [1.82, 2.24) is 0 Å². The first-order valence-electron chi connectivity index (χ1n) is 7.09. The minimum atomic E-state index is 0.974. The average molecular weight is 210 g/mol. The van der Waals surface area contributed by atoms with E-state index in [4.69, 9.17) is 0 Å². The molecule has 2 fully saturated rings. The summed E-state index contributed by atoms with van der Waals surface area (Å²) in [6.07, 6.45) is 8.86. The quantitative estimate of drug-likeness (QED) is 0.582. The molecule has 0 bridgehead atoms. The average Bonchev–Trinajstić information content (AvgIpc) is 2.43. The van der Waals surface area contributed by atoms with Crippen LogP contribution in [0.3, 0.4) is 0 Å². The van der Waals surface area contributed by atoms with E-state index in [2.05, 4.69) is 13.8 Å². The van der Waals surface area contributed by atoms with E-state index in [1.54, 1.807) is 0 Å². The maximum atomic E-state index is 2.48. The molecule has 2 saturated heterocycles. The smallest absolute Gasteiger partial charge is 0.0815 e. The van der Waals surface area contributed by atoms with Crippen molar-refractivity contribution in [2.45, 2.75) is 52.4 Å². The van der Waals surface area contributed by atoms with Gasteiger partial charge in [-0.2, -0.15) is 0 Å². The van der Waals surface area contributed by atoms with Crippen LogP contribution in [-0.4, -0.2) is 30.7 Å². The van der Waals surface area contributed by atoms with E-state index in [0.717, 1.165) is 11.8 Å². The van der Waals surface area contributed by atoms with E-state index in [-0.39, 0.29) is 0 Å². The summed E-state index contributed by atoms with van der Waals surface area (Å²) in [5.41, 5.74) is 0. The molecular weight excluding hydrogens is 182 g/mol. The molecule has 88 valence electrons. The van der Waals surface area contributed by atoms with Gasteiger partial charge in [0.15, 0.2) is 0 Å². The minimum Gasteiger partial charge on any atom is -0.323 e. The van der Waals surface area contributed by atoms with Gasteiger partial charge >= 0.3 is 0 Å². The Kier molecular flexibility index (Phi) is 3.71. The molecule has 1 spiro atoms. The fourth-order valence-corrected chi connectivity index (χ4v) is 4.02. The Bertz CT molecular complexity index is 192. The van der Waals surface area contributed by atoms with Gasteiger partial charge in [-0.25, -0.2) is 0 Å². The van der Waals surface area contributed by atoms with Crippen LogP contribution in [0, 0.1) is 11.8 Å². The third-order valence-corrected chi connectivity index (χ3v) is 4.67. The Hall–Kier alpha value is -0.0400. The third kappa shape index (κ3) is 2.75. The van der Waals surface area contributed by atoms with Crippen molar-refractivity contribution >= 4 is 0 Å². The SMILES string of the molecule is CCC1CC(C)C[N+]2(CCCCCC2)C1. The lowest BCUT2D eigenvalue weighted by Crippen LogP contribution is -2.56. The highest BCUT2D eigenvalue weighted by atomic mass is 15.4. The second kappa shape index (κ2) is 4.86. The zero-order chi connectivity index (χ0) is 10.7. The van der Waals surface area contributed by atoms with Crippen LogP contribution in [0.5, 0.6) is 0 Å². The maximum Gasteiger partial charge on any atom is 0.0815 e. The van der Waals surface area contributed by atoms with Crippen LogP contribution in [0.1, 0.15) is 52.4 Å². The second-order valence-electron chi connectivity index (χ2n) is 6.18. The van der Waals surface area contributed by atoms with Crippen molar-refractivity contribution in [3.63, 3.8) is 0 Å². The lowest BCUT2D eigenvalue weighted by molar-refractivity contribution is -0.938. The predicted molar refractivity (Wildman–Crippen MR) is 65.8 cm³/mol. The molecule has 15 heavy (non-hydrogen) atoms. The second-order valence-corrected chi connectivity index (χ2v) is 6.18. The molecule has 0 radical (unpaired) electrons. The van der Waals surface area contributed by atoms with Crippen LogP contribution in [0.15, 0.2) is 0 Å². The number of hydrogen-bond acceptors (Lipinski definition) is 0. The molecule has 1 nitrogen and oxygen atoms in total. The normalized spacial score (nSPS) is 36.4. The van der Waals surface area contributed by atoms with Gasteiger partial charge in [-0.1, -0.05) is 13.8 Å². The van der Waals surface area contributed by atoms with Crippen molar-refractivity contribution < 1.29 is 4.48 Å². The van der Waals surface area contributed by atoms with Crippen molar-refractivity contribution in [1.29, 1.82) is 0 Å². The van der Waals surface area contributed by atoms with E-state index >= 15 is 0 Å². The minimum absolute atomic E-state index is 0.974. The summed E-state index contributed by atoms with van der Waals surface area (Å²) in [7, 11) is 0. The molecule has 2 atom stereocenters. The summed E-state index contributed by atoms with van der Waals surface area (Å²) in [4.78, 5) is 0. The highest BCUT2D eigenvalue weighted by molar-refractivity contribution is 4.70. The van der Waals surface area contributed by atoms with Crippen molar-refractivity contribution in [3.8, 4) is 0 Å². The van der Waals surface area contributed by atoms with E-state index in [1.165, 1.54) is 69.2 Å². The molecule has 0 aromatic heterocycles. The van der Waals surface area contributed by atoms with Crippen LogP contribution in [0.2, 0.25) is 0 Å². The third-order valence-electron chi connectivity index (χ3n) is 4.67. The standard InChI is InChI=1S/C14H28N/c1-3-14-10-13(2)11-15(12-14)8-6-4-5-7-9-15/h13-14H,3-12H2,1-2H3/q+1. The predicted octanol–water partition coefficient (Wildman–Crippen LogP) is 3.44. The summed E-state index contributed by atoms with van der Waals surface area (Å²) in [6.45, 7) is 10.8. The van der Waals surface area contributed by atoms with Crippen LogP contribution >= 0.6 is 0 Å². The molecule has 0 aromatic rings. The first-order chi connectivity index (χ1) is 7.24. The molecule has 2 aliphatic heterocycles. The summed E-state index contributed by atoms with van der Waals surface area (Å²) < 4.78 is 1.49. The summed E-state index contributed by atoms with van der Waals surface area (Å²) in [5.74, 6) is 1.99. The Morgan fingerprint density at radius 2 is 1.67 bits per heavy atom. The Labute approximate surface area is 95.4 Å². The van der Waals surface area contributed by atoms with Gasteiger partial charge in [-0.3, -0.25) is 0 Å². The van der Waals surface area contributed by atoms with Crippen LogP contribution < -0.4 is 0 Å². The highest BCUT2D eigenvalue weighted by Crippen LogP contribution is 2.32. The lowest BCUT2D eigenvalue weighted by Gasteiger charge is -2.46. The van der Waals surface area contributed by atoms with Crippen molar-refractivity contribution in [2.75, 3.05) is 26.2 Å². The van der Waals surface area contributed by atoms with Crippen LogP contribution in [-0.2, 0) is 0 Å². The number of quaternary nitrogens is 1. The number of hydrogen-bond donors (Lipinski definition) is 0. The van der Waals surface area contributed by atoms with E-state index in [9.17, 15) is 0 Å². The highest BCUT2D eigenvalue weighted by Gasteiger charge is 2.37. The fourth-order valence-electron chi connectivity index (χ4n) is 4.02. The molecular formula is C14H28N+. The monoisotopic (exact) mass is 210 g/mol. The van der Waals surface area contributed by atoms with Gasteiger partial charge in [0.1, 0.15) is 0 Å². The summed E-state index contributed by atoms with van der Waals surface area (Å²) in [6, 6.07) is 0. The van der Waals surface area contributed by atoms with Gasteiger partial charge in [-0.15, -0.1) is 0 Å². The Balaban J connectivity index is 2.03. The lowest BCUT2D eigenvalue weighted by atomic mass is 9.86. The van der Waals surface area contributed by atoms with Gasteiger partial charge in [-0.05, 0) is 38.5 Å². The first kappa shape index (κ1) is 11.4. The van der Waals surface area contributed by atoms with E-state index < -0.39 is 0 Å². The summed E-state index contributed by atoms with van der Waals surface area (Å²) in [5, 5.41) is 0. The number of nitrogens with zero attached hydrogens (tertiary/aromatic N) is 1. The van der Waals surface area contributed by atoms with Crippen molar-refractivity contribution in [2.24, 2.45) is 11.8 Å². The zero-order valence-corrected chi connectivity index (χ0v) is 10.7. The van der Waals surface area contributed by atoms with Gasteiger partial charge in [0.05, 0.1) is 26.2 Å². The van der Waals surface area contributed by atoms with Gasteiger partial charge in [0.2, 0.25) is 0 Å². The molecule has 0 aliphatic carbocycles. The molecule has 2 rings (SSSR count). The maximum absolute atomic E-state index is 2.48. The first-order valence-corrected chi connectivity index (χ1v) is 7.09. The van der Waals surface area contributed by atoms with E-state index in [1.807, 2.05) is 0 Å². The number of piperidine rings is 1.